The quantitative estimate of drug-likeness (QED) is 0.379. The van der Waals surface area contributed by atoms with E-state index in [4.69, 9.17) is 0 Å². The van der Waals surface area contributed by atoms with Gasteiger partial charge in [-0.05, 0) is 26.8 Å². The molecule has 0 amide bonds. The fourth-order valence-corrected chi connectivity index (χ4v) is 1.75. The summed E-state index contributed by atoms with van der Waals surface area (Å²) >= 11 is 0. The summed E-state index contributed by atoms with van der Waals surface area (Å²) in [5, 5.41) is 2.44. The third-order valence-electron chi connectivity index (χ3n) is 2.95. The Labute approximate surface area is 126 Å². The van der Waals surface area contributed by atoms with Gasteiger partial charge in [0.25, 0.3) is 0 Å². The molecule has 0 aromatic heterocycles. The third kappa shape index (κ3) is 3.66. The van der Waals surface area contributed by atoms with Crippen LogP contribution in [0.2, 0.25) is 0 Å². The number of rotatable bonds is 6. The standard InChI is InChI=1S/C15H16F3NO3/c1-5-22-15(21)9(4)19-8(3)14(20)10-6-11(16)13(18)7(2)12(10)17/h6,8,19H,4-5H2,1-3H3. The van der Waals surface area contributed by atoms with Gasteiger partial charge in [-0.2, -0.15) is 0 Å². The van der Waals surface area contributed by atoms with Gasteiger partial charge < -0.3 is 10.1 Å². The van der Waals surface area contributed by atoms with Crippen LogP contribution in [0.4, 0.5) is 13.2 Å². The number of ether oxygens (including phenoxy) is 1. The summed E-state index contributed by atoms with van der Waals surface area (Å²) in [6.45, 7) is 7.48. The van der Waals surface area contributed by atoms with Gasteiger partial charge in [0.05, 0.1) is 18.2 Å². The lowest BCUT2D eigenvalue weighted by Gasteiger charge is -2.16. The molecule has 0 radical (unpaired) electrons. The summed E-state index contributed by atoms with van der Waals surface area (Å²) in [6.07, 6.45) is 0. The van der Waals surface area contributed by atoms with Crippen LogP contribution in [0.5, 0.6) is 0 Å². The van der Waals surface area contributed by atoms with Crippen LogP contribution in [0.15, 0.2) is 18.3 Å². The molecule has 1 unspecified atom stereocenters. The van der Waals surface area contributed by atoms with Crippen LogP contribution < -0.4 is 5.32 Å². The van der Waals surface area contributed by atoms with Gasteiger partial charge >= 0.3 is 5.97 Å². The molecule has 4 nitrogen and oxygen atoms in total. The normalized spacial score (nSPS) is 11.7. The number of hydrogen-bond acceptors (Lipinski definition) is 4. The molecule has 1 atom stereocenters. The first-order valence-electron chi connectivity index (χ1n) is 6.51. The van der Waals surface area contributed by atoms with Crippen LogP contribution >= 0.6 is 0 Å². The van der Waals surface area contributed by atoms with Crippen LogP contribution in [0.1, 0.15) is 29.8 Å². The average molecular weight is 315 g/mol. The van der Waals surface area contributed by atoms with Crippen molar-refractivity contribution in [3.8, 4) is 0 Å². The van der Waals surface area contributed by atoms with E-state index >= 15 is 0 Å². The van der Waals surface area contributed by atoms with Crippen molar-refractivity contribution in [1.82, 2.24) is 5.32 Å². The molecule has 0 saturated heterocycles. The van der Waals surface area contributed by atoms with E-state index in [-0.39, 0.29) is 12.3 Å². The Bertz CT molecular complexity index is 629. The van der Waals surface area contributed by atoms with E-state index in [1.54, 1.807) is 6.92 Å². The lowest BCUT2D eigenvalue weighted by Crippen LogP contribution is -2.36. The van der Waals surface area contributed by atoms with Gasteiger partial charge in [0.2, 0.25) is 0 Å². The van der Waals surface area contributed by atoms with E-state index < -0.39 is 46.4 Å². The summed E-state index contributed by atoms with van der Waals surface area (Å²) in [6, 6.07) is -0.582. The van der Waals surface area contributed by atoms with E-state index in [9.17, 15) is 22.8 Å². The molecule has 0 fully saturated rings. The third-order valence-corrected chi connectivity index (χ3v) is 2.95. The second-order valence-electron chi connectivity index (χ2n) is 4.59. The average Bonchev–Trinajstić information content (AvgIpc) is 2.48. The minimum Gasteiger partial charge on any atom is -0.461 e. The van der Waals surface area contributed by atoms with E-state index in [0.29, 0.717) is 6.07 Å². The van der Waals surface area contributed by atoms with E-state index in [1.807, 2.05) is 0 Å². The highest BCUT2D eigenvalue weighted by Crippen LogP contribution is 2.20. The van der Waals surface area contributed by atoms with Gasteiger partial charge in [-0.25, -0.2) is 18.0 Å². The molecule has 7 heteroatoms. The van der Waals surface area contributed by atoms with Crippen LogP contribution in [0, 0.1) is 24.4 Å². The van der Waals surface area contributed by atoms with Crippen LogP contribution in [0.3, 0.4) is 0 Å². The maximum atomic E-state index is 13.9. The van der Waals surface area contributed by atoms with Crippen molar-refractivity contribution >= 4 is 11.8 Å². The molecule has 0 aliphatic carbocycles. The Morgan fingerprint density at radius 1 is 1.32 bits per heavy atom. The van der Waals surface area contributed by atoms with Crippen molar-refractivity contribution < 1.29 is 27.5 Å². The Kier molecular flexibility index (Phi) is 5.73. The molecule has 0 bridgehead atoms. The largest absolute Gasteiger partial charge is 0.461 e. The highest BCUT2D eigenvalue weighted by molar-refractivity contribution is 6.01. The summed E-state index contributed by atoms with van der Waals surface area (Å²) in [4.78, 5) is 23.5. The zero-order valence-electron chi connectivity index (χ0n) is 12.4. The minimum absolute atomic E-state index is 0.124. The van der Waals surface area contributed by atoms with Gasteiger partial charge in [0.1, 0.15) is 11.5 Å². The second kappa shape index (κ2) is 7.11. The van der Waals surface area contributed by atoms with Crippen LogP contribution in [-0.2, 0) is 9.53 Å². The zero-order chi connectivity index (χ0) is 17.0. The molecular weight excluding hydrogens is 299 g/mol. The number of benzene rings is 1. The summed E-state index contributed by atoms with van der Waals surface area (Å²) < 4.78 is 45.1. The predicted octanol–water partition coefficient (Wildman–Crippen LogP) is 2.65. The number of nitrogens with one attached hydrogen (secondary N) is 1. The fourth-order valence-electron chi connectivity index (χ4n) is 1.75. The number of ketones is 1. The number of carbonyl (C=O) groups excluding carboxylic acids is 2. The highest BCUT2D eigenvalue weighted by atomic mass is 19.2. The number of halogens is 3. The zero-order valence-corrected chi connectivity index (χ0v) is 12.4. The molecule has 1 aromatic carbocycles. The van der Waals surface area contributed by atoms with Gasteiger partial charge in [-0.1, -0.05) is 6.58 Å². The molecule has 0 heterocycles. The van der Waals surface area contributed by atoms with Crippen molar-refractivity contribution in [3.05, 3.63) is 46.9 Å². The topological polar surface area (TPSA) is 55.4 Å². The van der Waals surface area contributed by atoms with Crippen molar-refractivity contribution in [2.24, 2.45) is 0 Å². The smallest absolute Gasteiger partial charge is 0.353 e. The van der Waals surface area contributed by atoms with Crippen molar-refractivity contribution in [1.29, 1.82) is 0 Å². The monoisotopic (exact) mass is 315 g/mol. The summed E-state index contributed by atoms with van der Waals surface area (Å²) in [5.41, 5.74) is -1.38. The first-order valence-corrected chi connectivity index (χ1v) is 6.51. The van der Waals surface area contributed by atoms with Crippen LogP contribution in [-0.4, -0.2) is 24.4 Å². The summed E-state index contributed by atoms with van der Waals surface area (Å²) in [7, 11) is 0. The SMILES string of the molecule is C=C(NC(C)C(=O)c1cc(F)c(F)c(C)c1F)C(=O)OCC. The first kappa shape index (κ1) is 17.7. The molecular formula is C15H16F3NO3. The molecule has 0 spiro atoms. The molecule has 0 saturated carbocycles. The van der Waals surface area contributed by atoms with E-state index in [1.165, 1.54) is 6.92 Å². The van der Waals surface area contributed by atoms with Crippen LogP contribution in [0.25, 0.3) is 0 Å². The maximum absolute atomic E-state index is 13.9. The second-order valence-corrected chi connectivity index (χ2v) is 4.59. The number of esters is 1. The lowest BCUT2D eigenvalue weighted by molar-refractivity contribution is -0.138. The Morgan fingerprint density at radius 2 is 1.91 bits per heavy atom. The van der Waals surface area contributed by atoms with Crippen molar-refractivity contribution in [2.45, 2.75) is 26.8 Å². The van der Waals surface area contributed by atoms with Gasteiger partial charge in [0.15, 0.2) is 17.4 Å². The van der Waals surface area contributed by atoms with Crippen molar-refractivity contribution in [3.63, 3.8) is 0 Å². The molecule has 22 heavy (non-hydrogen) atoms. The van der Waals surface area contributed by atoms with Gasteiger partial charge in [-0.15, -0.1) is 0 Å². The van der Waals surface area contributed by atoms with E-state index in [0.717, 1.165) is 6.92 Å². The Hall–Kier alpha value is -2.31. The minimum atomic E-state index is -1.34. The lowest BCUT2D eigenvalue weighted by atomic mass is 10.0. The number of carbonyl (C=O) groups is 2. The number of hydrogen-bond donors (Lipinski definition) is 1. The molecule has 0 aliphatic rings. The predicted molar refractivity (Wildman–Crippen MR) is 73.8 cm³/mol. The summed E-state index contributed by atoms with van der Waals surface area (Å²) in [5.74, 6) is -5.41. The van der Waals surface area contributed by atoms with E-state index in [2.05, 4.69) is 16.6 Å². The fraction of sp³-hybridized carbons (Fsp3) is 0.333. The Balaban J connectivity index is 2.97. The molecule has 120 valence electrons. The Morgan fingerprint density at radius 3 is 2.45 bits per heavy atom. The van der Waals surface area contributed by atoms with Gasteiger partial charge in [0, 0.05) is 5.56 Å². The molecule has 1 rings (SSSR count). The maximum Gasteiger partial charge on any atom is 0.353 e. The molecule has 0 aliphatic heterocycles. The van der Waals surface area contributed by atoms with Gasteiger partial charge in [-0.3, -0.25) is 4.79 Å². The number of Topliss-reactive ketones (excluding diaryl/α,β-unsaturated/α-hetero) is 1. The molecule has 1 aromatic rings. The highest BCUT2D eigenvalue weighted by Gasteiger charge is 2.25. The van der Waals surface area contributed by atoms with Crippen molar-refractivity contribution in [2.75, 3.05) is 6.61 Å². The first-order chi connectivity index (χ1) is 10.2. The molecule has 1 N–H and O–H groups in total.